The van der Waals surface area contributed by atoms with Crippen molar-refractivity contribution in [2.24, 2.45) is 5.73 Å². The normalized spacial score (nSPS) is 24.1. The minimum absolute atomic E-state index is 0.0945. The fourth-order valence-corrected chi connectivity index (χ4v) is 2.94. The van der Waals surface area contributed by atoms with Crippen molar-refractivity contribution in [3.8, 4) is 0 Å². The Kier molecular flexibility index (Phi) is 4.97. The first-order chi connectivity index (χ1) is 9.11. The minimum Gasteiger partial charge on any atom is -0.323 e. The molecule has 2 atom stereocenters. The van der Waals surface area contributed by atoms with Crippen molar-refractivity contribution in [2.75, 3.05) is 33.7 Å². The molecule has 1 fully saturated rings. The highest BCUT2D eigenvalue weighted by Crippen LogP contribution is 2.22. The smallest absolute Gasteiger partial charge is 0.0465 e. The summed E-state index contributed by atoms with van der Waals surface area (Å²) >= 11 is 0. The SMILES string of the molecule is CCc1cccc(C(N)C2CN(C)CCCN2C)c1. The molecule has 1 heterocycles. The summed E-state index contributed by atoms with van der Waals surface area (Å²) in [5.74, 6) is 0. The predicted octanol–water partition coefficient (Wildman–Crippen LogP) is 1.88. The van der Waals surface area contributed by atoms with Crippen LogP contribution in [0.15, 0.2) is 24.3 Å². The maximum atomic E-state index is 6.55. The van der Waals surface area contributed by atoms with Gasteiger partial charge in [-0.25, -0.2) is 0 Å². The van der Waals surface area contributed by atoms with E-state index in [-0.39, 0.29) is 6.04 Å². The number of nitrogens with two attached hydrogens (primary N) is 1. The molecule has 2 N–H and O–H groups in total. The maximum absolute atomic E-state index is 6.55. The van der Waals surface area contributed by atoms with Gasteiger partial charge in [-0.2, -0.15) is 0 Å². The van der Waals surface area contributed by atoms with E-state index in [9.17, 15) is 0 Å². The van der Waals surface area contributed by atoms with Crippen molar-refractivity contribution in [1.82, 2.24) is 9.80 Å². The molecular weight excluding hydrogens is 234 g/mol. The second-order valence-electron chi connectivity index (χ2n) is 5.79. The van der Waals surface area contributed by atoms with Gasteiger partial charge in [-0.1, -0.05) is 31.2 Å². The number of aryl methyl sites for hydroxylation is 1. The zero-order chi connectivity index (χ0) is 13.8. The van der Waals surface area contributed by atoms with Crippen LogP contribution >= 0.6 is 0 Å². The summed E-state index contributed by atoms with van der Waals surface area (Å²) in [6, 6.07) is 9.25. The van der Waals surface area contributed by atoms with E-state index in [0.717, 1.165) is 19.5 Å². The van der Waals surface area contributed by atoms with Gasteiger partial charge in [0.1, 0.15) is 0 Å². The van der Waals surface area contributed by atoms with Gasteiger partial charge >= 0.3 is 0 Å². The van der Waals surface area contributed by atoms with Crippen LogP contribution in [-0.2, 0) is 6.42 Å². The molecule has 1 aliphatic rings. The van der Waals surface area contributed by atoms with Gasteiger partial charge < -0.3 is 15.5 Å². The molecule has 0 radical (unpaired) electrons. The fraction of sp³-hybridized carbons (Fsp3) is 0.625. The molecule has 2 rings (SSSR count). The van der Waals surface area contributed by atoms with Crippen LogP contribution in [0.1, 0.15) is 30.5 Å². The molecule has 0 amide bonds. The van der Waals surface area contributed by atoms with E-state index in [4.69, 9.17) is 5.73 Å². The largest absolute Gasteiger partial charge is 0.323 e. The Morgan fingerprint density at radius 1 is 1.32 bits per heavy atom. The standard InChI is InChI=1S/C16H27N3/c1-4-13-7-5-8-14(11-13)16(17)15-12-18(2)9-6-10-19(15)3/h5,7-8,11,15-16H,4,6,9-10,12,17H2,1-3H3. The van der Waals surface area contributed by atoms with Crippen LogP contribution in [0.25, 0.3) is 0 Å². The molecule has 0 spiro atoms. The van der Waals surface area contributed by atoms with Crippen molar-refractivity contribution < 1.29 is 0 Å². The molecule has 1 aromatic carbocycles. The molecule has 106 valence electrons. The predicted molar refractivity (Wildman–Crippen MR) is 81.3 cm³/mol. The van der Waals surface area contributed by atoms with Crippen LogP contribution in [0.2, 0.25) is 0 Å². The summed E-state index contributed by atoms with van der Waals surface area (Å²) < 4.78 is 0. The molecule has 2 unspecified atom stereocenters. The Hall–Kier alpha value is -0.900. The summed E-state index contributed by atoms with van der Waals surface area (Å²) in [6.45, 7) is 5.54. The van der Waals surface area contributed by atoms with Gasteiger partial charge in [-0.3, -0.25) is 0 Å². The van der Waals surface area contributed by atoms with Crippen molar-refractivity contribution in [3.63, 3.8) is 0 Å². The Labute approximate surface area is 117 Å². The van der Waals surface area contributed by atoms with Gasteiger partial charge in [0.15, 0.2) is 0 Å². The first-order valence-corrected chi connectivity index (χ1v) is 7.35. The van der Waals surface area contributed by atoms with Crippen molar-refractivity contribution >= 4 is 0 Å². The third-order valence-electron chi connectivity index (χ3n) is 4.27. The van der Waals surface area contributed by atoms with E-state index >= 15 is 0 Å². The lowest BCUT2D eigenvalue weighted by Gasteiger charge is -2.32. The molecule has 0 aliphatic carbocycles. The molecule has 1 aliphatic heterocycles. The summed E-state index contributed by atoms with van der Waals surface area (Å²) in [5, 5.41) is 0. The molecule has 1 aromatic rings. The van der Waals surface area contributed by atoms with Crippen LogP contribution in [0, 0.1) is 0 Å². The van der Waals surface area contributed by atoms with Gasteiger partial charge in [0.05, 0.1) is 0 Å². The zero-order valence-electron chi connectivity index (χ0n) is 12.5. The lowest BCUT2D eigenvalue weighted by molar-refractivity contribution is 0.196. The van der Waals surface area contributed by atoms with Crippen LogP contribution in [-0.4, -0.2) is 49.6 Å². The first kappa shape index (κ1) is 14.5. The average Bonchev–Trinajstić information content (AvgIpc) is 2.59. The van der Waals surface area contributed by atoms with E-state index in [1.807, 2.05) is 0 Å². The summed E-state index contributed by atoms with van der Waals surface area (Å²) in [6.07, 6.45) is 2.30. The highest BCUT2D eigenvalue weighted by molar-refractivity contribution is 5.27. The maximum Gasteiger partial charge on any atom is 0.0465 e. The molecule has 3 heteroatoms. The Morgan fingerprint density at radius 2 is 2.11 bits per heavy atom. The monoisotopic (exact) mass is 261 g/mol. The lowest BCUT2D eigenvalue weighted by atomic mass is 9.96. The molecular formula is C16H27N3. The zero-order valence-corrected chi connectivity index (χ0v) is 12.5. The third-order valence-corrected chi connectivity index (χ3v) is 4.27. The topological polar surface area (TPSA) is 32.5 Å². The van der Waals surface area contributed by atoms with Crippen molar-refractivity contribution in [2.45, 2.75) is 31.8 Å². The highest BCUT2D eigenvalue weighted by atomic mass is 15.2. The van der Waals surface area contributed by atoms with E-state index < -0.39 is 0 Å². The second-order valence-corrected chi connectivity index (χ2v) is 5.79. The van der Waals surface area contributed by atoms with Gasteiger partial charge in [0.2, 0.25) is 0 Å². The summed E-state index contributed by atoms with van der Waals surface area (Å²) in [4.78, 5) is 4.82. The second kappa shape index (κ2) is 6.51. The number of likely N-dealkylation sites (N-methyl/N-ethyl adjacent to an activating group) is 2. The van der Waals surface area contributed by atoms with Crippen molar-refractivity contribution in [1.29, 1.82) is 0 Å². The van der Waals surface area contributed by atoms with Crippen LogP contribution in [0.5, 0.6) is 0 Å². The summed E-state index contributed by atoms with van der Waals surface area (Å²) in [5.41, 5.74) is 9.19. The summed E-state index contributed by atoms with van der Waals surface area (Å²) in [7, 11) is 4.40. The molecule has 0 saturated carbocycles. The van der Waals surface area contributed by atoms with Gasteiger partial charge in [-0.05, 0) is 51.2 Å². The number of hydrogen-bond acceptors (Lipinski definition) is 3. The Morgan fingerprint density at radius 3 is 2.84 bits per heavy atom. The van der Waals surface area contributed by atoms with Crippen LogP contribution < -0.4 is 5.73 Å². The molecule has 1 saturated heterocycles. The number of hydrogen-bond donors (Lipinski definition) is 1. The molecule has 3 nitrogen and oxygen atoms in total. The molecule has 19 heavy (non-hydrogen) atoms. The first-order valence-electron chi connectivity index (χ1n) is 7.35. The highest BCUT2D eigenvalue weighted by Gasteiger charge is 2.27. The Balaban J connectivity index is 2.17. The van der Waals surface area contributed by atoms with Crippen LogP contribution in [0.4, 0.5) is 0 Å². The fourth-order valence-electron chi connectivity index (χ4n) is 2.94. The lowest BCUT2D eigenvalue weighted by Crippen LogP contribution is -2.45. The van der Waals surface area contributed by atoms with Gasteiger partial charge in [-0.15, -0.1) is 0 Å². The van der Waals surface area contributed by atoms with Crippen LogP contribution in [0.3, 0.4) is 0 Å². The number of benzene rings is 1. The Bertz CT molecular complexity index is 405. The number of nitrogens with zero attached hydrogens (tertiary/aromatic N) is 2. The average molecular weight is 261 g/mol. The quantitative estimate of drug-likeness (QED) is 0.902. The van der Waals surface area contributed by atoms with E-state index in [1.165, 1.54) is 24.1 Å². The molecule has 0 bridgehead atoms. The number of rotatable bonds is 3. The van der Waals surface area contributed by atoms with Gasteiger partial charge in [0.25, 0.3) is 0 Å². The van der Waals surface area contributed by atoms with Crippen molar-refractivity contribution in [3.05, 3.63) is 35.4 Å². The van der Waals surface area contributed by atoms with E-state index in [0.29, 0.717) is 6.04 Å². The van der Waals surface area contributed by atoms with E-state index in [1.54, 1.807) is 0 Å². The van der Waals surface area contributed by atoms with Gasteiger partial charge in [0, 0.05) is 18.6 Å². The molecule has 0 aromatic heterocycles. The third kappa shape index (κ3) is 3.56. The van der Waals surface area contributed by atoms with E-state index in [2.05, 4.69) is 55.1 Å². The minimum atomic E-state index is 0.0945.